The molecule has 2 saturated heterocycles. The van der Waals surface area contributed by atoms with Crippen molar-refractivity contribution in [1.82, 2.24) is 25.3 Å². The van der Waals surface area contributed by atoms with Gasteiger partial charge < -0.3 is 25.0 Å². The van der Waals surface area contributed by atoms with Crippen LogP contribution in [0.2, 0.25) is 0 Å². The number of ether oxygens (including phenoxy) is 2. The van der Waals surface area contributed by atoms with E-state index in [4.69, 9.17) is 15.2 Å². The van der Waals surface area contributed by atoms with Gasteiger partial charge >= 0.3 is 0 Å². The Bertz CT molecular complexity index is 977. The summed E-state index contributed by atoms with van der Waals surface area (Å²) in [5, 5.41) is 24.7. The van der Waals surface area contributed by atoms with Gasteiger partial charge in [0, 0.05) is 12.4 Å². The van der Waals surface area contributed by atoms with E-state index in [1.807, 2.05) is 0 Å². The molecule has 2 aromatic heterocycles. The number of carbonyl (C=O) groups is 1. The molecule has 5 rings (SSSR count). The van der Waals surface area contributed by atoms with Crippen molar-refractivity contribution in [3.05, 3.63) is 12.7 Å². The number of amides is 1. The zero-order valence-electron chi connectivity index (χ0n) is 17.5. The molecule has 1 radical (unpaired) electrons. The molecule has 11 nitrogen and oxygen atoms in total. The Labute approximate surface area is 189 Å². The van der Waals surface area contributed by atoms with Crippen molar-refractivity contribution in [1.29, 1.82) is 0 Å². The molecule has 4 N–H and O–H groups in total. The fraction of sp³-hybridized carbons (Fsp3) is 0.700. The molecule has 5 atom stereocenters. The highest BCUT2D eigenvalue weighted by Crippen LogP contribution is 2.44. The third-order valence-electron chi connectivity index (χ3n) is 6.59. The molecule has 1 amide bonds. The third-order valence-corrected chi connectivity index (χ3v) is 8.23. The average molecular weight is 464 g/mol. The second-order valence-corrected chi connectivity index (χ2v) is 10.0. The Kier molecular flexibility index (Phi) is 5.97. The second-order valence-electron chi connectivity index (χ2n) is 8.64. The molecule has 0 unspecified atom stereocenters. The number of hydrogen-bond acceptors (Lipinski definition) is 10. The SMILES string of the molecule is [NH]C(=O)C1(SC[C@H]2O[C@@H](n3cnc4c(N[C@@H]5CCOC5)ncnc43)[C@H](O)[C@H]2O)CCCC1. The Hall–Kier alpha value is -1.99. The molecular weight excluding hydrogens is 436 g/mol. The van der Waals surface area contributed by atoms with Crippen LogP contribution in [-0.4, -0.2) is 83.7 Å². The van der Waals surface area contributed by atoms with Crippen LogP contribution in [0.15, 0.2) is 12.7 Å². The summed E-state index contributed by atoms with van der Waals surface area (Å²) >= 11 is 1.36. The summed E-state index contributed by atoms with van der Waals surface area (Å²) in [4.78, 5) is 25.0. The van der Waals surface area contributed by atoms with Crippen molar-refractivity contribution in [3.8, 4) is 0 Å². The Morgan fingerprint density at radius 2 is 2.09 bits per heavy atom. The van der Waals surface area contributed by atoms with E-state index >= 15 is 0 Å². The lowest BCUT2D eigenvalue weighted by molar-refractivity contribution is -0.120. The van der Waals surface area contributed by atoms with Crippen LogP contribution >= 0.6 is 11.8 Å². The van der Waals surface area contributed by atoms with Gasteiger partial charge in [-0.15, -0.1) is 11.8 Å². The van der Waals surface area contributed by atoms with Crippen molar-refractivity contribution in [2.24, 2.45) is 0 Å². The summed E-state index contributed by atoms with van der Waals surface area (Å²) in [6.45, 7) is 1.30. The zero-order chi connectivity index (χ0) is 22.3. The molecule has 0 spiro atoms. The van der Waals surface area contributed by atoms with Crippen molar-refractivity contribution in [2.75, 3.05) is 24.3 Å². The standard InChI is InChI=1S/C20H27N6O5S/c21-19(29)20(4-1-2-5-20)32-8-12-14(27)15(28)18(31-12)26-10-24-13-16(22-9-23-17(13)26)25-11-3-6-30-7-11/h9-12,14-15,18,21,27-28H,1-8H2,(H,22,23,25)/t11-,12-,14+,15-,18-/m1/s1. The summed E-state index contributed by atoms with van der Waals surface area (Å²) < 4.78 is 12.3. The fourth-order valence-corrected chi connectivity index (χ4v) is 6.17. The number of carbonyl (C=O) groups excluding carboxylic acids is 1. The van der Waals surface area contributed by atoms with Gasteiger partial charge in [-0.05, 0) is 19.3 Å². The van der Waals surface area contributed by atoms with Crippen LogP contribution in [0.4, 0.5) is 5.82 Å². The highest BCUT2D eigenvalue weighted by atomic mass is 32.2. The number of thioether (sulfide) groups is 1. The number of aromatic nitrogens is 4. The molecule has 32 heavy (non-hydrogen) atoms. The van der Waals surface area contributed by atoms with E-state index < -0.39 is 35.2 Å². The van der Waals surface area contributed by atoms with E-state index in [1.165, 1.54) is 24.4 Å². The highest BCUT2D eigenvalue weighted by molar-refractivity contribution is 8.01. The number of hydrogen-bond donors (Lipinski definition) is 3. The van der Waals surface area contributed by atoms with Gasteiger partial charge in [0.1, 0.15) is 18.5 Å². The molecule has 2 aromatic rings. The first-order valence-corrected chi connectivity index (χ1v) is 11.9. The van der Waals surface area contributed by atoms with Gasteiger partial charge in [-0.2, -0.15) is 0 Å². The van der Waals surface area contributed by atoms with Gasteiger partial charge in [0.2, 0.25) is 0 Å². The number of nitrogens with one attached hydrogen (secondary N) is 2. The van der Waals surface area contributed by atoms with Gasteiger partial charge in [-0.25, -0.2) is 15.0 Å². The van der Waals surface area contributed by atoms with Crippen LogP contribution in [0.3, 0.4) is 0 Å². The normalized spacial score (nSPS) is 32.0. The Morgan fingerprint density at radius 3 is 2.81 bits per heavy atom. The largest absolute Gasteiger partial charge is 0.387 e. The lowest BCUT2D eigenvalue weighted by Crippen LogP contribution is -2.37. The molecule has 1 aliphatic carbocycles. The number of rotatable bonds is 7. The van der Waals surface area contributed by atoms with Crippen molar-refractivity contribution in [2.45, 2.75) is 67.4 Å². The Morgan fingerprint density at radius 1 is 1.28 bits per heavy atom. The topological polar surface area (TPSA) is 155 Å². The van der Waals surface area contributed by atoms with Gasteiger partial charge in [-0.3, -0.25) is 15.1 Å². The molecule has 3 fully saturated rings. The van der Waals surface area contributed by atoms with Crippen LogP contribution < -0.4 is 11.1 Å². The highest BCUT2D eigenvalue weighted by Gasteiger charge is 2.47. The van der Waals surface area contributed by atoms with Crippen LogP contribution in [0, 0.1) is 0 Å². The van der Waals surface area contributed by atoms with Crippen LogP contribution in [0.1, 0.15) is 38.3 Å². The molecule has 2 aliphatic heterocycles. The first kappa shape index (κ1) is 21.8. The average Bonchev–Trinajstić information content (AvgIpc) is 3.57. The zero-order valence-corrected chi connectivity index (χ0v) is 18.3. The smallest absolute Gasteiger partial charge is 0.254 e. The summed E-state index contributed by atoms with van der Waals surface area (Å²) in [5.41, 5.74) is 8.71. The third kappa shape index (κ3) is 3.83. The van der Waals surface area contributed by atoms with E-state index in [-0.39, 0.29) is 6.04 Å². The van der Waals surface area contributed by atoms with Crippen LogP contribution in [0.5, 0.6) is 0 Å². The van der Waals surface area contributed by atoms with Gasteiger partial charge in [0.25, 0.3) is 5.91 Å². The number of aliphatic hydroxyl groups is 2. The molecule has 0 aromatic carbocycles. The van der Waals surface area contributed by atoms with Crippen LogP contribution in [0.25, 0.3) is 11.2 Å². The molecular formula is C20H27N6O5S. The molecule has 1 saturated carbocycles. The predicted octanol–water partition coefficient (Wildman–Crippen LogP) is 0.502. The second kappa shape index (κ2) is 8.75. The summed E-state index contributed by atoms with van der Waals surface area (Å²) in [6.07, 6.45) is 3.14. The van der Waals surface area contributed by atoms with E-state index in [9.17, 15) is 15.0 Å². The molecule has 3 aliphatic rings. The number of imidazole rings is 1. The lowest BCUT2D eigenvalue weighted by Gasteiger charge is -2.26. The summed E-state index contributed by atoms with van der Waals surface area (Å²) in [7, 11) is 0. The lowest BCUT2D eigenvalue weighted by atomic mass is 10.1. The van der Waals surface area contributed by atoms with Crippen molar-refractivity contribution < 1.29 is 24.5 Å². The van der Waals surface area contributed by atoms with Gasteiger partial charge in [0.05, 0.1) is 29.8 Å². The summed E-state index contributed by atoms with van der Waals surface area (Å²) in [5.74, 6) is 0.325. The van der Waals surface area contributed by atoms with Crippen molar-refractivity contribution >= 4 is 34.7 Å². The van der Waals surface area contributed by atoms with Gasteiger partial charge in [-0.1, -0.05) is 12.8 Å². The minimum absolute atomic E-state index is 0.150. The minimum Gasteiger partial charge on any atom is -0.387 e. The first-order valence-electron chi connectivity index (χ1n) is 10.9. The molecule has 173 valence electrons. The maximum Gasteiger partial charge on any atom is 0.254 e. The van der Waals surface area contributed by atoms with E-state index in [0.29, 0.717) is 48.8 Å². The maximum absolute atomic E-state index is 11.9. The first-order chi connectivity index (χ1) is 15.5. The maximum atomic E-state index is 11.9. The monoisotopic (exact) mass is 463 g/mol. The minimum atomic E-state index is -1.18. The summed E-state index contributed by atoms with van der Waals surface area (Å²) in [6, 6.07) is 0.150. The Balaban J connectivity index is 1.33. The van der Waals surface area contributed by atoms with Crippen molar-refractivity contribution in [3.63, 3.8) is 0 Å². The van der Waals surface area contributed by atoms with Gasteiger partial charge in [0.15, 0.2) is 23.2 Å². The quantitative estimate of drug-likeness (QED) is 0.528. The van der Waals surface area contributed by atoms with E-state index in [2.05, 4.69) is 20.3 Å². The number of anilines is 1. The van der Waals surface area contributed by atoms with E-state index in [1.54, 1.807) is 4.57 Å². The van der Waals surface area contributed by atoms with Crippen LogP contribution in [-0.2, 0) is 14.3 Å². The number of aliphatic hydroxyl groups excluding tert-OH is 2. The molecule has 0 bridgehead atoms. The molecule has 4 heterocycles. The number of nitrogens with zero attached hydrogens (tertiary/aromatic N) is 4. The fourth-order valence-electron chi connectivity index (χ4n) is 4.71. The molecule has 12 heteroatoms. The number of fused-ring (bicyclic) bond motifs is 1. The van der Waals surface area contributed by atoms with E-state index in [0.717, 1.165) is 19.3 Å². The predicted molar refractivity (Wildman–Crippen MR) is 116 cm³/mol.